The maximum Gasteiger partial charge on any atom is 0.311 e. The van der Waals surface area contributed by atoms with Crippen molar-refractivity contribution >= 4 is 39.9 Å². The van der Waals surface area contributed by atoms with Gasteiger partial charge in [0.15, 0.2) is 6.61 Å². The first-order valence-electron chi connectivity index (χ1n) is 9.51. The van der Waals surface area contributed by atoms with Crippen molar-refractivity contribution in [1.82, 2.24) is 0 Å². The molecule has 30 heavy (non-hydrogen) atoms. The van der Waals surface area contributed by atoms with Crippen LogP contribution in [0.4, 0.5) is 15.8 Å². The average molecular weight is 406 g/mol. The van der Waals surface area contributed by atoms with Crippen molar-refractivity contribution in [3.05, 3.63) is 72.5 Å². The van der Waals surface area contributed by atoms with Crippen molar-refractivity contribution in [2.75, 3.05) is 23.4 Å². The van der Waals surface area contributed by atoms with Gasteiger partial charge in [-0.3, -0.25) is 14.4 Å². The third-order valence-corrected chi connectivity index (χ3v) is 4.98. The number of benzene rings is 3. The Bertz CT molecular complexity index is 1130. The Kier molecular flexibility index (Phi) is 5.43. The Labute approximate surface area is 172 Å². The highest BCUT2D eigenvalue weighted by molar-refractivity contribution is 6.00. The molecule has 3 aromatic rings. The van der Waals surface area contributed by atoms with Crippen LogP contribution in [0.3, 0.4) is 0 Å². The molecule has 2 amide bonds. The van der Waals surface area contributed by atoms with Gasteiger partial charge in [-0.2, -0.15) is 0 Å². The van der Waals surface area contributed by atoms with Gasteiger partial charge >= 0.3 is 5.97 Å². The van der Waals surface area contributed by atoms with Gasteiger partial charge in [0.2, 0.25) is 5.91 Å². The number of anilines is 2. The van der Waals surface area contributed by atoms with Gasteiger partial charge in [0.1, 0.15) is 5.82 Å². The minimum atomic E-state index is -0.745. The topological polar surface area (TPSA) is 75.7 Å². The number of carbonyl (C=O) groups excluding carboxylic acids is 3. The van der Waals surface area contributed by atoms with Crippen LogP contribution in [0.2, 0.25) is 0 Å². The van der Waals surface area contributed by atoms with E-state index in [0.29, 0.717) is 5.69 Å². The summed E-state index contributed by atoms with van der Waals surface area (Å²) in [5, 5.41) is 4.71. The first-order valence-corrected chi connectivity index (χ1v) is 9.51. The number of ether oxygens (including phenoxy) is 1. The number of para-hydroxylation sites is 1. The van der Waals surface area contributed by atoms with Gasteiger partial charge in [0, 0.05) is 18.7 Å². The van der Waals surface area contributed by atoms with Gasteiger partial charge in [-0.05, 0) is 35.0 Å². The van der Waals surface area contributed by atoms with Crippen molar-refractivity contribution in [2.45, 2.75) is 6.42 Å². The summed E-state index contributed by atoms with van der Waals surface area (Å²) in [5.74, 6) is -2.77. The van der Waals surface area contributed by atoms with E-state index < -0.39 is 30.2 Å². The van der Waals surface area contributed by atoms with Gasteiger partial charge < -0.3 is 15.0 Å². The van der Waals surface area contributed by atoms with Crippen LogP contribution in [0.5, 0.6) is 0 Å². The Morgan fingerprint density at radius 2 is 1.77 bits per heavy atom. The number of carbonyl (C=O) groups is 3. The van der Waals surface area contributed by atoms with Crippen LogP contribution in [0.25, 0.3) is 10.8 Å². The molecule has 0 bridgehead atoms. The zero-order valence-corrected chi connectivity index (χ0v) is 16.0. The number of halogens is 1. The van der Waals surface area contributed by atoms with Crippen molar-refractivity contribution in [3.8, 4) is 0 Å². The molecule has 7 heteroatoms. The zero-order chi connectivity index (χ0) is 21.1. The molecule has 1 aliphatic rings. The lowest BCUT2D eigenvalue weighted by molar-refractivity contribution is -0.151. The van der Waals surface area contributed by atoms with Gasteiger partial charge in [0.05, 0.1) is 11.6 Å². The lowest BCUT2D eigenvalue weighted by Crippen LogP contribution is -2.28. The maximum absolute atomic E-state index is 13.9. The second-order valence-electron chi connectivity index (χ2n) is 7.07. The van der Waals surface area contributed by atoms with Gasteiger partial charge in [-0.25, -0.2) is 4.39 Å². The van der Waals surface area contributed by atoms with Gasteiger partial charge in [-0.15, -0.1) is 0 Å². The minimum Gasteiger partial charge on any atom is -0.455 e. The van der Waals surface area contributed by atoms with E-state index in [0.717, 1.165) is 10.8 Å². The first kappa shape index (κ1) is 19.6. The summed E-state index contributed by atoms with van der Waals surface area (Å²) in [6.07, 6.45) is -0.0839. The lowest BCUT2D eigenvalue weighted by Gasteiger charge is -2.17. The normalized spacial score (nSPS) is 16.0. The number of amides is 2. The second-order valence-corrected chi connectivity index (χ2v) is 7.07. The summed E-state index contributed by atoms with van der Waals surface area (Å²) in [5.41, 5.74) is 0.725. The van der Waals surface area contributed by atoms with E-state index in [4.69, 9.17) is 4.74 Å². The molecule has 0 aliphatic carbocycles. The average Bonchev–Trinajstić information content (AvgIpc) is 3.14. The van der Waals surface area contributed by atoms with E-state index in [9.17, 15) is 18.8 Å². The van der Waals surface area contributed by atoms with Crippen LogP contribution in [-0.4, -0.2) is 30.9 Å². The fourth-order valence-electron chi connectivity index (χ4n) is 3.49. The van der Waals surface area contributed by atoms with Crippen molar-refractivity contribution < 1.29 is 23.5 Å². The molecule has 1 fully saturated rings. The number of fused-ring (bicyclic) bond motifs is 1. The maximum atomic E-state index is 13.9. The van der Waals surface area contributed by atoms with Crippen molar-refractivity contribution in [2.24, 2.45) is 5.92 Å². The lowest BCUT2D eigenvalue weighted by atomic mass is 10.1. The van der Waals surface area contributed by atoms with E-state index >= 15 is 0 Å². The largest absolute Gasteiger partial charge is 0.455 e. The Balaban J connectivity index is 1.32. The molecule has 1 saturated heterocycles. The highest BCUT2D eigenvalue weighted by Gasteiger charge is 2.37. The summed E-state index contributed by atoms with van der Waals surface area (Å²) in [6, 6.07) is 19.1. The van der Waals surface area contributed by atoms with Gasteiger partial charge in [0.25, 0.3) is 5.91 Å². The monoisotopic (exact) mass is 406 g/mol. The van der Waals surface area contributed by atoms with E-state index in [1.165, 1.54) is 23.1 Å². The molecule has 152 valence electrons. The standard InChI is InChI=1S/C23H19FN2O4/c24-19-7-3-4-8-20(19)26-13-17(12-22(26)28)23(29)30-14-21(27)25-18-10-9-15-5-1-2-6-16(15)11-18/h1-11,17H,12-14H2,(H,25,27)/t17-/m0/s1. The quantitative estimate of drug-likeness (QED) is 0.658. The van der Waals surface area contributed by atoms with Crippen molar-refractivity contribution in [3.63, 3.8) is 0 Å². The Hall–Kier alpha value is -3.74. The van der Waals surface area contributed by atoms with E-state index in [2.05, 4.69) is 5.32 Å². The molecule has 0 spiro atoms. The predicted molar refractivity (Wildman–Crippen MR) is 110 cm³/mol. The van der Waals surface area contributed by atoms with E-state index in [1.807, 2.05) is 36.4 Å². The van der Waals surface area contributed by atoms with Gasteiger partial charge in [-0.1, -0.05) is 42.5 Å². The third kappa shape index (κ3) is 4.15. The third-order valence-electron chi connectivity index (χ3n) is 4.98. The van der Waals surface area contributed by atoms with Crippen LogP contribution in [-0.2, 0) is 19.1 Å². The summed E-state index contributed by atoms with van der Waals surface area (Å²) < 4.78 is 19.0. The van der Waals surface area contributed by atoms with Crippen LogP contribution in [0, 0.1) is 11.7 Å². The molecule has 0 saturated carbocycles. The smallest absolute Gasteiger partial charge is 0.311 e. The molecule has 0 unspecified atom stereocenters. The van der Waals surface area contributed by atoms with E-state index in [-0.39, 0.29) is 24.6 Å². The number of nitrogens with one attached hydrogen (secondary N) is 1. The number of hydrogen-bond donors (Lipinski definition) is 1. The molecule has 4 rings (SSSR count). The van der Waals surface area contributed by atoms with Crippen LogP contribution in [0.1, 0.15) is 6.42 Å². The molecule has 1 N–H and O–H groups in total. The fourth-order valence-corrected chi connectivity index (χ4v) is 3.49. The highest BCUT2D eigenvalue weighted by atomic mass is 19.1. The molecule has 0 aromatic heterocycles. The summed E-state index contributed by atoms with van der Waals surface area (Å²) in [4.78, 5) is 37.9. The molecule has 6 nitrogen and oxygen atoms in total. The van der Waals surface area contributed by atoms with Crippen LogP contribution in [0.15, 0.2) is 66.7 Å². The zero-order valence-electron chi connectivity index (χ0n) is 16.0. The predicted octanol–water partition coefficient (Wildman–Crippen LogP) is 3.51. The molecule has 0 radical (unpaired) electrons. The van der Waals surface area contributed by atoms with Crippen LogP contribution < -0.4 is 10.2 Å². The summed E-state index contributed by atoms with van der Waals surface area (Å²) >= 11 is 0. The first-order chi connectivity index (χ1) is 14.5. The number of rotatable bonds is 5. The molecular formula is C23H19FN2O4. The Morgan fingerprint density at radius 3 is 2.57 bits per heavy atom. The molecule has 1 atom stereocenters. The molecular weight excluding hydrogens is 387 g/mol. The molecule has 3 aromatic carbocycles. The van der Waals surface area contributed by atoms with E-state index in [1.54, 1.807) is 12.1 Å². The fraction of sp³-hybridized carbons (Fsp3) is 0.174. The van der Waals surface area contributed by atoms with Crippen molar-refractivity contribution in [1.29, 1.82) is 0 Å². The number of hydrogen-bond acceptors (Lipinski definition) is 4. The second kappa shape index (κ2) is 8.32. The summed E-state index contributed by atoms with van der Waals surface area (Å²) in [7, 11) is 0. The molecule has 1 aliphatic heterocycles. The van der Waals surface area contributed by atoms with Crippen LogP contribution >= 0.6 is 0 Å². The molecule has 1 heterocycles. The minimum absolute atomic E-state index is 0.0187. The SMILES string of the molecule is O=C(COC(=O)[C@H]1CC(=O)N(c2ccccc2F)C1)Nc1ccc2ccccc2c1. The number of esters is 1. The summed E-state index contributed by atoms with van der Waals surface area (Å²) in [6.45, 7) is -0.444. The highest BCUT2D eigenvalue weighted by Crippen LogP contribution is 2.28. The number of nitrogens with zero attached hydrogens (tertiary/aromatic N) is 1. The Morgan fingerprint density at radius 1 is 1.03 bits per heavy atom.